The van der Waals surface area contributed by atoms with E-state index in [1.165, 1.54) is 23.3 Å². The van der Waals surface area contributed by atoms with Crippen LogP contribution in [0.15, 0.2) is 28.9 Å². The molecule has 22 heavy (non-hydrogen) atoms. The van der Waals surface area contributed by atoms with Gasteiger partial charge in [-0.15, -0.1) is 0 Å². The molecule has 0 bridgehead atoms. The number of piperidine rings is 1. The Bertz CT molecular complexity index is 564. The van der Waals surface area contributed by atoms with Crippen LogP contribution in [0.5, 0.6) is 0 Å². The molecule has 1 aliphatic rings. The lowest BCUT2D eigenvalue weighted by Gasteiger charge is -2.30. The van der Waals surface area contributed by atoms with E-state index in [1.807, 2.05) is 0 Å². The highest BCUT2D eigenvalue weighted by Gasteiger charge is 2.27. The van der Waals surface area contributed by atoms with Gasteiger partial charge in [-0.2, -0.15) is 0 Å². The van der Waals surface area contributed by atoms with Crippen molar-refractivity contribution in [1.29, 1.82) is 0 Å². The van der Waals surface area contributed by atoms with Crippen LogP contribution in [0.25, 0.3) is 6.08 Å². The summed E-state index contributed by atoms with van der Waals surface area (Å²) in [6, 6.07) is 3.38. The SMILES string of the molecule is NC(=O)[C@@H]1CCCN(C(=O)COC(=O)/C=C/c2ccco2)C1. The average molecular weight is 306 g/mol. The number of carbonyl (C=O) groups excluding carboxylic acids is 3. The van der Waals surface area contributed by atoms with Gasteiger partial charge in [0.1, 0.15) is 5.76 Å². The molecule has 0 aromatic carbocycles. The summed E-state index contributed by atoms with van der Waals surface area (Å²) < 4.78 is 9.90. The molecule has 1 aromatic rings. The predicted molar refractivity (Wildman–Crippen MR) is 77.2 cm³/mol. The fraction of sp³-hybridized carbons (Fsp3) is 0.400. The zero-order valence-electron chi connectivity index (χ0n) is 12.1. The molecule has 2 N–H and O–H groups in total. The Morgan fingerprint density at radius 3 is 2.95 bits per heavy atom. The van der Waals surface area contributed by atoms with Crippen molar-refractivity contribution in [2.75, 3.05) is 19.7 Å². The number of nitrogens with two attached hydrogens (primary N) is 1. The van der Waals surface area contributed by atoms with E-state index in [0.29, 0.717) is 25.1 Å². The summed E-state index contributed by atoms with van der Waals surface area (Å²) in [5.74, 6) is -1.18. The monoisotopic (exact) mass is 306 g/mol. The molecule has 1 atom stereocenters. The summed E-state index contributed by atoms with van der Waals surface area (Å²) in [5, 5.41) is 0. The number of furan rings is 1. The summed E-state index contributed by atoms with van der Waals surface area (Å²) in [4.78, 5) is 36.1. The van der Waals surface area contributed by atoms with E-state index in [4.69, 9.17) is 14.9 Å². The van der Waals surface area contributed by atoms with Crippen molar-refractivity contribution in [3.8, 4) is 0 Å². The normalized spacial score (nSPS) is 18.4. The smallest absolute Gasteiger partial charge is 0.331 e. The van der Waals surface area contributed by atoms with E-state index in [-0.39, 0.29) is 25.0 Å². The number of hydrogen-bond donors (Lipinski definition) is 1. The number of nitrogens with zero attached hydrogens (tertiary/aromatic N) is 1. The van der Waals surface area contributed by atoms with Gasteiger partial charge in [0.25, 0.3) is 5.91 Å². The Balaban J connectivity index is 1.77. The molecule has 0 radical (unpaired) electrons. The first-order valence-corrected chi connectivity index (χ1v) is 7.01. The van der Waals surface area contributed by atoms with Gasteiger partial charge >= 0.3 is 5.97 Å². The van der Waals surface area contributed by atoms with Crippen LogP contribution in [0, 0.1) is 5.92 Å². The zero-order chi connectivity index (χ0) is 15.9. The number of ether oxygens (including phenoxy) is 1. The molecule has 2 amide bonds. The Labute approximate surface area is 127 Å². The Morgan fingerprint density at radius 1 is 1.45 bits per heavy atom. The molecule has 0 aliphatic carbocycles. The minimum absolute atomic E-state index is 0.286. The van der Waals surface area contributed by atoms with Crippen molar-refractivity contribution in [3.05, 3.63) is 30.2 Å². The summed E-state index contributed by atoms with van der Waals surface area (Å²) in [6.45, 7) is 0.475. The van der Waals surface area contributed by atoms with E-state index in [1.54, 1.807) is 12.1 Å². The highest BCUT2D eigenvalue weighted by Crippen LogP contribution is 2.16. The van der Waals surface area contributed by atoms with Crippen LogP contribution in [-0.4, -0.2) is 42.4 Å². The van der Waals surface area contributed by atoms with Gasteiger partial charge in [0.15, 0.2) is 6.61 Å². The minimum atomic E-state index is -0.631. The van der Waals surface area contributed by atoms with Gasteiger partial charge < -0.3 is 19.8 Å². The molecule has 0 saturated carbocycles. The maximum Gasteiger partial charge on any atom is 0.331 e. The molecule has 0 unspecified atom stereocenters. The molecule has 1 saturated heterocycles. The summed E-state index contributed by atoms with van der Waals surface area (Å²) in [6.07, 6.45) is 5.53. The first kappa shape index (κ1) is 15.8. The van der Waals surface area contributed by atoms with Gasteiger partial charge in [0, 0.05) is 19.2 Å². The highest BCUT2D eigenvalue weighted by atomic mass is 16.5. The number of primary amides is 1. The van der Waals surface area contributed by atoms with Gasteiger partial charge in [-0.3, -0.25) is 9.59 Å². The van der Waals surface area contributed by atoms with E-state index in [2.05, 4.69) is 0 Å². The summed E-state index contributed by atoms with van der Waals surface area (Å²) in [5.41, 5.74) is 5.26. The number of esters is 1. The molecule has 1 aromatic heterocycles. The van der Waals surface area contributed by atoms with Gasteiger partial charge in [-0.1, -0.05) is 0 Å². The Hall–Kier alpha value is -2.57. The Morgan fingerprint density at radius 2 is 2.27 bits per heavy atom. The second-order valence-corrected chi connectivity index (χ2v) is 5.04. The molecule has 7 heteroatoms. The van der Waals surface area contributed by atoms with Crippen LogP contribution in [0.2, 0.25) is 0 Å². The molecule has 7 nitrogen and oxygen atoms in total. The number of hydrogen-bond acceptors (Lipinski definition) is 5. The third-order valence-corrected chi connectivity index (χ3v) is 3.44. The van der Waals surface area contributed by atoms with Crippen molar-refractivity contribution < 1.29 is 23.5 Å². The van der Waals surface area contributed by atoms with Crippen LogP contribution < -0.4 is 5.73 Å². The quantitative estimate of drug-likeness (QED) is 0.632. The standard InChI is InChI=1S/C15H18N2O5/c16-15(20)11-3-1-7-17(9-11)13(18)10-22-14(19)6-5-12-4-2-8-21-12/h2,4-6,8,11H,1,3,7,9-10H2,(H2,16,20)/b6-5+/t11-/m1/s1. The largest absolute Gasteiger partial charge is 0.465 e. The van der Waals surface area contributed by atoms with Crippen molar-refractivity contribution in [3.63, 3.8) is 0 Å². The molecule has 1 aliphatic heterocycles. The lowest BCUT2D eigenvalue weighted by atomic mass is 9.97. The molecule has 2 heterocycles. The second-order valence-electron chi connectivity index (χ2n) is 5.04. The third kappa shape index (κ3) is 4.47. The lowest BCUT2D eigenvalue weighted by Crippen LogP contribution is -2.45. The highest BCUT2D eigenvalue weighted by molar-refractivity contribution is 5.89. The maximum absolute atomic E-state index is 12.0. The third-order valence-electron chi connectivity index (χ3n) is 3.44. The molecule has 0 spiro atoms. The van der Waals surface area contributed by atoms with Crippen LogP contribution >= 0.6 is 0 Å². The number of likely N-dealkylation sites (tertiary alicyclic amines) is 1. The number of rotatable bonds is 5. The van der Waals surface area contributed by atoms with Crippen molar-refractivity contribution in [2.24, 2.45) is 11.7 Å². The zero-order valence-corrected chi connectivity index (χ0v) is 12.1. The van der Waals surface area contributed by atoms with E-state index in [9.17, 15) is 14.4 Å². The van der Waals surface area contributed by atoms with Crippen LogP contribution in [-0.2, 0) is 19.1 Å². The number of carbonyl (C=O) groups is 3. The van der Waals surface area contributed by atoms with Gasteiger partial charge in [-0.25, -0.2) is 4.79 Å². The lowest BCUT2D eigenvalue weighted by molar-refractivity contribution is -0.149. The maximum atomic E-state index is 12.0. The van der Waals surface area contributed by atoms with E-state index in [0.717, 1.165) is 0 Å². The van der Waals surface area contributed by atoms with Gasteiger partial charge in [0.05, 0.1) is 12.2 Å². The second kappa shape index (κ2) is 7.44. The average Bonchev–Trinajstić information content (AvgIpc) is 3.04. The first-order chi connectivity index (χ1) is 10.6. The fourth-order valence-electron chi connectivity index (χ4n) is 2.24. The minimum Gasteiger partial charge on any atom is -0.465 e. The Kier molecular flexibility index (Phi) is 5.35. The van der Waals surface area contributed by atoms with Crippen LogP contribution in [0.4, 0.5) is 0 Å². The van der Waals surface area contributed by atoms with Crippen LogP contribution in [0.1, 0.15) is 18.6 Å². The summed E-state index contributed by atoms with van der Waals surface area (Å²) >= 11 is 0. The summed E-state index contributed by atoms with van der Waals surface area (Å²) in [7, 11) is 0. The molecule has 118 valence electrons. The molecule has 1 fully saturated rings. The van der Waals surface area contributed by atoms with E-state index >= 15 is 0 Å². The van der Waals surface area contributed by atoms with Crippen molar-refractivity contribution in [1.82, 2.24) is 4.90 Å². The van der Waals surface area contributed by atoms with E-state index < -0.39 is 11.9 Å². The van der Waals surface area contributed by atoms with Crippen LogP contribution in [0.3, 0.4) is 0 Å². The topological polar surface area (TPSA) is 103 Å². The van der Waals surface area contributed by atoms with Gasteiger partial charge in [-0.05, 0) is 31.1 Å². The van der Waals surface area contributed by atoms with Crippen molar-refractivity contribution >= 4 is 23.9 Å². The predicted octanol–water partition coefficient (Wildman–Crippen LogP) is 0.560. The molecule has 2 rings (SSSR count). The molecular formula is C15H18N2O5. The molecular weight excluding hydrogens is 288 g/mol. The van der Waals surface area contributed by atoms with Gasteiger partial charge in [0.2, 0.25) is 5.91 Å². The first-order valence-electron chi connectivity index (χ1n) is 7.01. The van der Waals surface area contributed by atoms with Crippen molar-refractivity contribution in [2.45, 2.75) is 12.8 Å². The number of amides is 2. The fourth-order valence-corrected chi connectivity index (χ4v) is 2.24.